The Hall–Kier alpha value is -2.93. The molecular formula is C26H28N4O2S. The summed E-state index contributed by atoms with van der Waals surface area (Å²) < 4.78 is 0. The lowest BCUT2D eigenvalue weighted by molar-refractivity contribution is -0.134. The summed E-state index contributed by atoms with van der Waals surface area (Å²) >= 11 is 1.45. The van der Waals surface area contributed by atoms with Crippen molar-refractivity contribution in [3.8, 4) is 0 Å². The standard InChI is InChI=1S/C26H28N4O2S/c31-24(16-33-26-21-9-3-4-10-22(21)27-17-28-26)30-14-12-19(13-15-30)25(32)29-23-11-5-7-18-6-1-2-8-20(18)23/h1-4,6,8-10,17,19,23H,5,7,11-16H2,(H,29,32)/t23-/m0/s1. The maximum Gasteiger partial charge on any atom is 0.232 e. The second-order valence-electron chi connectivity index (χ2n) is 8.79. The first-order chi connectivity index (χ1) is 16.2. The van der Waals surface area contributed by atoms with E-state index in [1.807, 2.05) is 29.2 Å². The lowest BCUT2D eigenvalue weighted by atomic mass is 9.87. The first-order valence-electron chi connectivity index (χ1n) is 11.7. The van der Waals surface area contributed by atoms with Crippen molar-refractivity contribution in [3.05, 3.63) is 66.0 Å². The van der Waals surface area contributed by atoms with Crippen LogP contribution in [0, 0.1) is 5.92 Å². The lowest BCUT2D eigenvalue weighted by Crippen LogP contribution is -2.44. The summed E-state index contributed by atoms with van der Waals surface area (Å²) in [5.41, 5.74) is 3.50. The topological polar surface area (TPSA) is 75.2 Å². The number of carbonyl (C=O) groups excluding carboxylic acids is 2. The van der Waals surface area contributed by atoms with Gasteiger partial charge in [0.1, 0.15) is 11.4 Å². The molecule has 3 aromatic rings. The largest absolute Gasteiger partial charge is 0.349 e. The van der Waals surface area contributed by atoms with Crippen molar-refractivity contribution in [3.63, 3.8) is 0 Å². The number of carbonyl (C=O) groups is 2. The molecule has 2 aliphatic rings. The Balaban J connectivity index is 1.13. The van der Waals surface area contributed by atoms with Gasteiger partial charge in [-0.25, -0.2) is 9.97 Å². The molecule has 170 valence electrons. The fourth-order valence-corrected chi connectivity index (χ4v) is 5.79. The third-order valence-corrected chi connectivity index (χ3v) is 7.73. The minimum Gasteiger partial charge on any atom is -0.349 e. The molecule has 6 nitrogen and oxygen atoms in total. The lowest BCUT2D eigenvalue weighted by Gasteiger charge is -2.33. The van der Waals surface area contributed by atoms with Gasteiger partial charge in [-0.3, -0.25) is 9.59 Å². The number of aryl methyl sites for hydroxylation is 1. The van der Waals surface area contributed by atoms with E-state index < -0.39 is 0 Å². The van der Waals surface area contributed by atoms with Crippen molar-refractivity contribution >= 4 is 34.5 Å². The van der Waals surface area contributed by atoms with Crippen LogP contribution >= 0.6 is 11.8 Å². The number of thioether (sulfide) groups is 1. The molecule has 1 saturated heterocycles. The van der Waals surface area contributed by atoms with Gasteiger partial charge in [-0.2, -0.15) is 0 Å². The molecule has 1 N–H and O–H groups in total. The number of nitrogens with zero attached hydrogens (tertiary/aromatic N) is 3. The molecule has 0 spiro atoms. The first kappa shape index (κ1) is 21.9. The van der Waals surface area contributed by atoms with Crippen LogP contribution in [0.2, 0.25) is 0 Å². The number of para-hydroxylation sites is 1. The number of aromatic nitrogens is 2. The number of fused-ring (bicyclic) bond motifs is 2. The molecule has 2 aromatic carbocycles. The molecule has 0 radical (unpaired) electrons. The summed E-state index contributed by atoms with van der Waals surface area (Å²) in [6, 6.07) is 16.4. The van der Waals surface area contributed by atoms with E-state index >= 15 is 0 Å². The van der Waals surface area contributed by atoms with Crippen molar-refractivity contribution in [2.45, 2.75) is 43.2 Å². The molecule has 0 saturated carbocycles. The zero-order valence-electron chi connectivity index (χ0n) is 18.6. The highest BCUT2D eigenvalue weighted by Crippen LogP contribution is 2.30. The Labute approximate surface area is 198 Å². The van der Waals surface area contributed by atoms with Gasteiger partial charge in [-0.1, -0.05) is 54.2 Å². The molecule has 0 bridgehead atoms. The van der Waals surface area contributed by atoms with Crippen molar-refractivity contribution in [2.24, 2.45) is 5.92 Å². The molecule has 1 fully saturated rings. The quantitative estimate of drug-likeness (QED) is 0.457. The molecule has 0 unspecified atom stereocenters. The third-order valence-electron chi connectivity index (χ3n) is 6.74. The van der Waals surface area contributed by atoms with Crippen LogP contribution in [0.15, 0.2) is 59.9 Å². The van der Waals surface area contributed by atoms with Crippen molar-refractivity contribution in [1.29, 1.82) is 0 Å². The van der Waals surface area contributed by atoms with Crippen molar-refractivity contribution < 1.29 is 9.59 Å². The van der Waals surface area contributed by atoms with E-state index in [0.29, 0.717) is 31.7 Å². The number of benzene rings is 2. The van der Waals surface area contributed by atoms with E-state index in [1.165, 1.54) is 22.9 Å². The van der Waals surface area contributed by atoms with Gasteiger partial charge in [0.05, 0.1) is 17.3 Å². The predicted octanol–water partition coefficient (Wildman–Crippen LogP) is 4.15. The summed E-state index contributed by atoms with van der Waals surface area (Å²) in [5, 5.41) is 5.09. The van der Waals surface area contributed by atoms with Crippen molar-refractivity contribution in [1.82, 2.24) is 20.2 Å². The third kappa shape index (κ3) is 4.88. The average molecular weight is 461 g/mol. The first-order valence-corrected chi connectivity index (χ1v) is 12.7. The number of hydrogen-bond donors (Lipinski definition) is 1. The molecule has 2 heterocycles. The summed E-state index contributed by atoms with van der Waals surface area (Å²) in [7, 11) is 0. The van der Waals surface area contributed by atoms with Gasteiger partial charge in [0.15, 0.2) is 0 Å². The number of amides is 2. The number of nitrogens with one attached hydrogen (secondary N) is 1. The summed E-state index contributed by atoms with van der Waals surface area (Å²) in [4.78, 5) is 36.3. The molecule has 1 atom stereocenters. The van der Waals surface area contributed by atoms with Gasteiger partial charge in [0.2, 0.25) is 11.8 Å². The van der Waals surface area contributed by atoms with Crippen LogP contribution < -0.4 is 5.32 Å². The molecular weight excluding hydrogens is 432 g/mol. The predicted molar refractivity (Wildman–Crippen MR) is 130 cm³/mol. The Morgan fingerprint density at radius 2 is 1.79 bits per heavy atom. The van der Waals surface area contributed by atoms with E-state index in [9.17, 15) is 9.59 Å². The Kier molecular flexibility index (Phi) is 6.58. The fraction of sp³-hybridized carbons (Fsp3) is 0.385. The van der Waals surface area contributed by atoms with Gasteiger partial charge in [-0.05, 0) is 49.3 Å². The monoisotopic (exact) mass is 460 g/mol. The normalized spacial score (nSPS) is 18.7. The fourth-order valence-electron chi connectivity index (χ4n) is 4.90. The molecule has 5 rings (SSSR count). The molecule has 2 amide bonds. The number of piperidine rings is 1. The Morgan fingerprint density at radius 3 is 2.67 bits per heavy atom. The van der Waals surface area contributed by atoms with E-state index in [0.717, 1.165) is 35.2 Å². The molecule has 1 aliphatic carbocycles. The Morgan fingerprint density at radius 1 is 1.00 bits per heavy atom. The summed E-state index contributed by atoms with van der Waals surface area (Å²) in [5.74, 6) is 0.548. The van der Waals surface area contributed by atoms with Crippen LogP contribution in [-0.2, 0) is 16.0 Å². The SMILES string of the molecule is O=C(N[C@H]1CCCc2ccccc21)C1CCN(C(=O)CSc2ncnc3ccccc23)CC1. The van der Waals surface area contributed by atoms with Gasteiger partial charge in [-0.15, -0.1) is 0 Å². The van der Waals surface area contributed by atoms with Crippen LogP contribution in [0.5, 0.6) is 0 Å². The number of hydrogen-bond acceptors (Lipinski definition) is 5. The van der Waals surface area contributed by atoms with E-state index in [2.05, 4.69) is 39.6 Å². The van der Waals surface area contributed by atoms with Crippen LogP contribution in [-0.4, -0.2) is 45.5 Å². The van der Waals surface area contributed by atoms with Crippen LogP contribution in [0.3, 0.4) is 0 Å². The highest BCUT2D eigenvalue weighted by atomic mass is 32.2. The molecule has 1 aliphatic heterocycles. The van der Waals surface area contributed by atoms with Crippen molar-refractivity contribution in [2.75, 3.05) is 18.8 Å². The number of rotatable bonds is 5. The minimum atomic E-state index is -0.0263. The highest BCUT2D eigenvalue weighted by Gasteiger charge is 2.30. The second-order valence-corrected chi connectivity index (χ2v) is 9.76. The number of likely N-dealkylation sites (tertiary alicyclic amines) is 1. The molecule has 33 heavy (non-hydrogen) atoms. The van der Waals surface area contributed by atoms with Gasteiger partial charge >= 0.3 is 0 Å². The smallest absolute Gasteiger partial charge is 0.232 e. The zero-order valence-corrected chi connectivity index (χ0v) is 19.4. The van der Waals surface area contributed by atoms with E-state index in [-0.39, 0.29) is 23.8 Å². The maximum absolute atomic E-state index is 13.0. The Bertz CT molecular complexity index is 1150. The second kappa shape index (κ2) is 9.91. The van der Waals surface area contributed by atoms with Crippen LogP contribution in [0.1, 0.15) is 42.9 Å². The minimum absolute atomic E-state index is 0.0263. The van der Waals surface area contributed by atoms with E-state index in [1.54, 1.807) is 6.33 Å². The van der Waals surface area contributed by atoms with Gasteiger partial charge in [0.25, 0.3) is 0 Å². The maximum atomic E-state index is 13.0. The zero-order chi connectivity index (χ0) is 22.6. The summed E-state index contributed by atoms with van der Waals surface area (Å²) in [6.07, 6.45) is 6.17. The summed E-state index contributed by atoms with van der Waals surface area (Å²) in [6.45, 7) is 1.26. The van der Waals surface area contributed by atoms with Crippen LogP contribution in [0.25, 0.3) is 10.9 Å². The van der Waals surface area contributed by atoms with E-state index in [4.69, 9.17) is 0 Å². The average Bonchev–Trinajstić information content (AvgIpc) is 2.87. The van der Waals surface area contributed by atoms with Gasteiger partial charge < -0.3 is 10.2 Å². The van der Waals surface area contributed by atoms with Gasteiger partial charge in [0, 0.05) is 24.4 Å². The highest BCUT2D eigenvalue weighted by molar-refractivity contribution is 8.00. The van der Waals surface area contributed by atoms with Crippen LogP contribution in [0.4, 0.5) is 0 Å². The molecule has 1 aromatic heterocycles. The molecule has 7 heteroatoms.